The van der Waals surface area contributed by atoms with Gasteiger partial charge in [-0.15, -0.1) is 0 Å². The fraction of sp³-hybridized carbons (Fsp3) is 0.355. The van der Waals surface area contributed by atoms with Crippen LogP contribution in [0.2, 0.25) is 0 Å². The number of likely N-dealkylation sites (N-methyl/N-ethyl adjacent to an activating group) is 1. The molecule has 1 aliphatic heterocycles. The second-order valence-electron chi connectivity index (χ2n) is 10.6. The first-order valence-electron chi connectivity index (χ1n) is 13.6. The van der Waals surface area contributed by atoms with Crippen LogP contribution in [0.4, 0.5) is 14.5 Å². The van der Waals surface area contributed by atoms with Crippen molar-refractivity contribution in [1.29, 1.82) is 0 Å². The van der Waals surface area contributed by atoms with Crippen molar-refractivity contribution in [2.24, 2.45) is 0 Å². The molecular formula is C31H32F2N4O2. The number of benzene rings is 2. The van der Waals surface area contributed by atoms with E-state index in [0.717, 1.165) is 68.8 Å². The molecule has 1 aliphatic carbocycles. The van der Waals surface area contributed by atoms with E-state index in [1.807, 2.05) is 12.4 Å². The molecule has 1 saturated carbocycles. The quantitative estimate of drug-likeness (QED) is 0.260. The Kier molecular flexibility index (Phi) is 7.04. The number of ketones is 1. The van der Waals surface area contributed by atoms with Crippen molar-refractivity contribution in [3.8, 4) is 22.7 Å². The molecule has 0 radical (unpaired) electrons. The van der Waals surface area contributed by atoms with Crippen molar-refractivity contribution < 1.29 is 18.0 Å². The van der Waals surface area contributed by atoms with Crippen LogP contribution in [0.1, 0.15) is 47.8 Å². The SMILES string of the molecule is CN1CCN(c2ccc(CC(=O)c3ccc(-c4c(-c5ccc(F)cc5)ncn4C4CCCC4)o3)c(F)c2)CC1. The summed E-state index contributed by atoms with van der Waals surface area (Å²) in [6.45, 7) is 3.57. The van der Waals surface area contributed by atoms with Gasteiger partial charge < -0.3 is 18.8 Å². The highest BCUT2D eigenvalue weighted by Gasteiger charge is 2.26. The molecule has 0 bridgehead atoms. The van der Waals surface area contributed by atoms with Crippen LogP contribution >= 0.6 is 0 Å². The van der Waals surface area contributed by atoms with E-state index < -0.39 is 0 Å². The average Bonchev–Trinajstić information content (AvgIpc) is 3.71. The number of carbonyl (C=O) groups excluding carboxylic acids is 1. The van der Waals surface area contributed by atoms with Crippen LogP contribution in [0.25, 0.3) is 22.7 Å². The third-order valence-electron chi connectivity index (χ3n) is 8.00. The maximum Gasteiger partial charge on any atom is 0.202 e. The van der Waals surface area contributed by atoms with E-state index in [9.17, 15) is 9.18 Å². The normalized spacial score (nSPS) is 16.7. The van der Waals surface area contributed by atoms with Crippen molar-refractivity contribution in [1.82, 2.24) is 14.5 Å². The summed E-state index contributed by atoms with van der Waals surface area (Å²) in [7, 11) is 2.08. The molecule has 0 atom stereocenters. The highest BCUT2D eigenvalue weighted by molar-refractivity contribution is 5.95. The number of nitrogens with zero attached hydrogens (tertiary/aromatic N) is 4. The van der Waals surface area contributed by atoms with Gasteiger partial charge in [0.2, 0.25) is 5.78 Å². The van der Waals surface area contributed by atoms with Crippen LogP contribution in [0.15, 0.2) is 65.3 Å². The smallest absolute Gasteiger partial charge is 0.202 e. The lowest BCUT2D eigenvalue weighted by Gasteiger charge is -2.34. The van der Waals surface area contributed by atoms with Crippen molar-refractivity contribution in [3.63, 3.8) is 0 Å². The predicted molar refractivity (Wildman–Crippen MR) is 147 cm³/mol. The maximum absolute atomic E-state index is 15.0. The van der Waals surface area contributed by atoms with E-state index in [2.05, 4.69) is 26.4 Å². The topological polar surface area (TPSA) is 54.5 Å². The van der Waals surface area contributed by atoms with E-state index in [4.69, 9.17) is 4.42 Å². The molecule has 6 rings (SSSR count). The lowest BCUT2D eigenvalue weighted by atomic mass is 10.1. The minimum atomic E-state index is -0.385. The molecule has 0 spiro atoms. The Morgan fingerprint density at radius 3 is 2.44 bits per heavy atom. The Balaban J connectivity index is 1.25. The first kappa shape index (κ1) is 25.5. The highest BCUT2D eigenvalue weighted by Crippen LogP contribution is 2.39. The minimum Gasteiger partial charge on any atom is -0.451 e. The number of anilines is 1. The summed E-state index contributed by atoms with van der Waals surface area (Å²) in [5, 5.41) is 0. The van der Waals surface area contributed by atoms with Gasteiger partial charge in [-0.3, -0.25) is 4.79 Å². The van der Waals surface area contributed by atoms with Gasteiger partial charge in [0.25, 0.3) is 0 Å². The number of rotatable bonds is 7. The summed E-state index contributed by atoms with van der Waals surface area (Å²) in [5.41, 5.74) is 3.41. The number of piperazine rings is 1. The lowest BCUT2D eigenvalue weighted by Crippen LogP contribution is -2.44. The molecule has 39 heavy (non-hydrogen) atoms. The third-order valence-corrected chi connectivity index (χ3v) is 8.00. The molecule has 2 aromatic heterocycles. The first-order valence-corrected chi connectivity index (χ1v) is 13.6. The summed E-state index contributed by atoms with van der Waals surface area (Å²) in [4.78, 5) is 22.2. The van der Waals surface area contributed by atoms with Crippen LogP contribution in [0.3, 0.4) is 0 Å². The molecular weight excluding hydrogens is 498 g/mol. The molecule has 0 unspecified atom stereocenters. The van der Waals surface area contributed by atoms with Gasteiger partial charge in [0, 0.05) is 49.9 Å². The maximum atomic E-state index is 15.0. The van der Waals surface area contributed by atoms with E-state index in [1.54, 1.807) is 30.3 Å². The van der Waals surface area contributed by atoms with Gasteiger partial charge >= 0.3 is 0 Å². The Hall–Kier alpha value is -3.78. The zero-order valence-electron chi connectivity index (χ0n) is 22.1. The van der Waals surface area contributed by atoms with Crippen molar-refractivity contribution in [2.45, 2.75) is 38.1 Å². The van der Waals surface area contributed by atoms with Gasteiger partial charge in [0.15, 0.2) is 11.5 Å². The van der Waals surface area contributed by atoms with E-state index in [0.29, 0.717) is 23.1 Å². The molecule has 2 aromatic carbocycles. The molecule has 202 valence electrons. The first-order chi connectivity index (χ1) is 19.0. The standard InChI is InChI=1S/C31H32F2N4O2/c1-35-14-16-36(17-15-35)25-11-8-22(26(33)19-25)18-27(38)28-12-13-29(39-28)31-30(21-6-9-23(32)10-7-21)34-20-37(31)24-4-2-3-5-24/h6-13,19-20,24H,2-5,14-18H2,1H3. The fourth-order valence-corrected chi connectivity index (χ4v) is 5.70. The molecule has 6 nitrogen and oxygen atoms in total. The van der Waals surface area contributed by atoms with Crippen molar-refractivity contribution in [3.05, 3.63) is 83.9 Å². The van der Waals surface area contributed by atoms with E-state index in [-0.39, 0.29) is 29.6 Å². The highest BCUT2D eigenvalue weighted by atomic mass is 19.1. The second-order valence-corrected chi connectivity index (χ2v) is 10.6. The number of halogens is 2. The monoisotopic (exact) mass is 530 g/mol. The third kappa shape index (κ3) is 5.26. The number of Topliss-reactive ketones (excluding diaryl/α,β-unsaturated/α-hetero) is 1. The number of furan rings is 1. The molecule has 4 aromatic rings. The summed E-state index contributed by atoms with van der Waals surface area (Å²) >= 11 is 0. The van der Waals surface area contributed by atoms with Gasteiger partial charge in [-0.05, 0) is 74.0 Å². The molecule has 1 saturated heterocycles. The lowest BCUT2D eigenvalue weighted by molar-refractivity contribution is 0.0966. The number of hydrogen-bond acceptors (Lipinski definition) is 5. The summed E-state index contributed by atoms with van der Waals surface area (Å²) in [6.07, 6.45) is 6.11. The minimum absolute atomic E-state index is 0.0888. The van der Waals surface area contributed by atoms with Crippen molar-refractivity contribution >= 4 is 11.5 Å². The fourth-order valence-electron chi connectivity index (χ4n) is 5.70. The largest absolute Gasteiger partial charge is 0.451 e. The van der Waals surface area contributed by atoms with Crippen LogP contribution < -0.4 is 4.90 Å². The summed E-state index contributed by atoms with van der Waals surface area (Å²) in [6, 6.07) is 15.0. The Morgan fingerprint density at radius 2 is 1.72 bits per heavy atom. The number of aromatic nitrogens is 2. The zero-order valence-corrected chi connectivity index (χ0v) is 22.1. The van der Waals surface area contributed by atoms with Gasteiger partial charge in [0.1, 0.15) is 17.3 Å². The summed E-state index contributed by atoms with van der Waals surface area (Å²) < 4.78 is 36.8. The predicted octanol–water partition coefficient (Wildman–Crippen LogP) is 6.38. The van der Waals surface area contributed by atoms with Gasteiger partial charge in [-0.2, -0.15) is 0 Å². The molecule has 2 aliphatic rings. The van der Waals surface area contributed by atoms with Crippen molar-refractivity contribution in [2.75, 3.05) is 38.1 Å². The molecule has 0 amide bonds. The zero-order chi connectivity index (χ0) is 26.9. The Morgan fingerprint density at radius 1 is 0.974 bits per heavy atom. The molecule has 8 heteroatoms. The van der Waals surface area contributed by atoms with E-state index in [1.165, 1.54) is 18.2 Å². The molecule has 3 heterocycles. The Labute approximate surface area is 226 Å². The van der Waals surface area contributed by atoms with Gasteiger partial charge in [-0.1, -0.05) is 18.9 Å². The van der Waals surface area contributed by atoms with Gasteiger partial charge in [-0.25, -0.2) is 13.8 Å². The average molecular weight is 531 g/mol. The molecule has 0 N–H and O–H groups in total. The summed E-state index contributed by atoms with van der Waals surface area (Å²) in [5.74, 6) is -0.290. The van der Waals surface area contributed by atoms with Crippen LogP contribution in [0.5, 0.6) is 0 Å². The number of imidazole rings is 1. The number of hydrogen-bond donors (Lipinski definition) is 0. The van der Waals surface area contributed by atoms with E-state index >= 15 is 4.39 Å². The van der Waals surface area contributed by atoms with Crippen LogP contribution in [0, 0.1) is 11.6 Å². The van der Waals surface area contributed by atoms with Crippen LogP contribution in [-0.2, 0) is 6.42 Å². The molecule has 2 fully saturated rings. The van der Waals surface area contributed by atoms with Crippen LogP contribution in [-0.4, -0.2) is 53.5 Å². The Bertz CT molecular complexity index is 1460. The number of carbonyl (C=O) groups is 1. The second kappa shape index (κ2) is 10.8. The van der Waals surface area contributed by atoms with Gasteiger partial charge in [0.05, 0.1) is 12.0 Å².